The molecule has 0 radical (unpaired) electrons. The van der Waals surface area contributed by atoms with Gasteiger partial charge in [0, 0.05) is 17.9 Å². The van der Waals surface area contributed by atoms with Crippen molar-refractivity contribution in [2.24, 2.45) is 5.73 Å². The molecule has 3 rings (SSSR count). The van der Waals surface area contributed by atoms with Crippen LogP contribution >= 0.6 is 0 Å². The zero-order valence-corrected chi connectivity index (χ0v) is 8.90. The standard InChI is InChI=1S/C12H10N2O3/c13-11-10-7(5-9(15)14-11)6-3-1-2-4-8(6)17-12(10)16/h1-4,7H,5,13H2,(H,14,15). The molecule has 0 aromatic heterocycles. The van der Waals surface area contributed by atoms with Gasteiger partial charge in [0.25, 0.3) is 0 Å². The second-order valence-corrected chi connectivity index (χ2v) is 4.06. The van der Waals surface area contributed by atoms with Gasteiger partial charge in [-0.05, 0) is 6.07 Å². The number of esters is 1. The van der Waals surface area contributed by atoms with Crippen LogP contribution in [0.15, 0.2) is 35.7 Å². The molecule has 5 heteroatoms. The van der Waals surface area contributed by atoms with E-state index in [1.807, 2.05) is 12.1 Å². The number of benzene rings is 1. The van der Waals surface area contributed by atoms with E-state index < -0.39 is 5.97 Å². The number of ether oxygens (including phenoxy) is 1. The van der Waals surface area contributed by atoms with Crippen LogP contribution in [0.1, 0.15) is 17.9 Å². The highest BCUT2D eigenvalue weighted by Gasteiger charge is 2.38. The lowest BCUT2D eigenvalue weighted by Gasteiger charge is -2.30. The van der Waals surface area contributed by atoms with E-state index >= 15 is 0 Å². The largest absolute Gasteiger partial charge is 0.423 e. The van der Waals surface area contributed by atoms with Crippen molar-refractivity contribution in [2.75, 3.05) is 0 Å². The first kappa shape index (κ1) is 9.89. The lowest BCUT2D eigenvalue weighted by Crippen LogP contribution is -2.40. The van der Waals surface area contributed by atoms with Crippen LogP contribution in [0.25, 0.3) is 0 Å². The molecule has 2 aliphatic rings. The smallest absolute Gasteiger partial charge is 0.343 e. The Labute approximate surface area is 97.2 Å². The lowest BCUT2D eigenvalue weighted by molar-refractivity contribution is -0.131. The number of carbonyl (C=O) groups excluding carboxylic acids is 2. The van der Waals surface area contributed by atoms with E-state index in [0.29, 0.717) is 11.3 Å². The van der Waals surface area contributed by atoms with Crippen LogP contribution in [0.2, 0.25) is 0 Å². The van der Waals surface area contributed by atoms with Gasteiger partial charge in [0.1, 0.15) is 11.6 Å². The monoisotopic (exact) mass is 230 g/mol. The van der Waals surface area contributed by atoms with Crippen LogP contribution in [0.4, 0.5) is 0 Å². The van der Waals surface area contributed by atoms with E-state index in [-0.39, 0.29) is 24.1 Å². The Bertz CT molecular complexity index is 563. The fraction of sp³-hybridized carbons (Fsp3) is 0.167. The van der Waals surface area contributed by atoms with Crippen molar-refractivity contribution < 1.29 is 14.3 Å². The van der Waals surface area contributed by atoms with Gasteiger partial charge in [0.05, 0.1) is 5.57 Å². The summed E-state index contributed by atoms with van der Waals surface area (Å²) in [6.07, 6.45) is 0.224. The van der Waals surface area contributed by atoms with Crippen molar-refractivity contribution in [2.45, 2.75) is 12.3 Å². The summed E-state index contributed by atoms with van der Waals surface area (Å²) >= 11 is 0. The van der Waals surface area contributed by atoms with E-state index in [1.54, 1.807) is 12.1 Å². The lowest BCUT2D eigenvalue weighted by atomic mass is 9.83. The van der Waals surface area contributed by atoms with Gasteiger partial charge in [0.15, 0.2) is 0 Å². The van der Waals surface area contributed by atoms with E-state index in [1.165, 1.54) is 0 Å². The van der Waals surface area contributed by atoms with Crippen LogP contribution in [-0.4, -0.2) is 11.9 Å². The predicted octanol–water partition coefficient (Wildman–Crippen LogP) is 0.379. The third-order valence-electron chi connectivity index (χ3n) is 3.02. The van der Waals surface area contributed by atoms with Crippen LogP contribution in [0.5, 0.6) is 5.75 Å². The second-order valence-electron chi connectivity index (χ2n) is 4.06. The molecule has 0 saturated carbocycles. The number of hydrogen-bond acceptors (Lipinski definition) is 4. The molecule has 1 atom stereocenters. The van der Waals surface area contributed by atoms with Crippen molar-refractivity contribution in [3.8, 4) is 5.75 Å². The Morgan fingerprint density at radius 1 is 1.29 bits per heavy atom. The molecule has 0 saturated heterocycles. The first-order valence-electron chi connectivity index (χ1n) is 5.27. The molecular formula is C12H10N2O3. The molecule has 0 fully saturated rings. The number of carbonyl (C=O) groups is 2. The summed E-state index contributed by atoms with van der Waals surface area (Å²) in [6, 6.07) is 7.19. The van der Waals surface area contributed by atoms with Crippen LogP contribution in [0, 0.1) is 0 Å². The second kappa shape index (κ2) is 3.35. The summed E-state index contributed by atoms with van der Waals surface area (Å²) < 4.78 is 5.18. The van der Waals surface area contributed by atoms with E-state index in [4.69, 9.17) is 10.5 Å². The fourth-order valence-electron chi connectivity index (χ4n) is 2.28. The van der Waals surface area contributed by atoms with Crippen LogP contribution < -0.4 is 15.8 Å². The molecule has 5 nitrogen and oxygen atoms in total. The zero-order valence-electron chi connectivity index (χ0n) is 8.90. The van der Waals surface area contributed by atoms with Crippen LogP contribution in [0.3, 0.4) is 0 Å². The minimum Gasteiger partial charge on any atom is -0.423 e. The fourth-order valence-corrected chi connectivity index (χ4v) is 2.28. The van der Waals surface area contributed by atoms with Crippen molar-refractivity contribution in [1.29, 1.82) is 0 Å². The highest BCUT2D eigenvalue weighted by atomic mass is 16.5. The molecule has 0 spiro atoms. The third-order valence-corrected chi connectivity index (χ3v) is 3.02. The first-order chi connectivity index (χ1) is 8.16. The third kappa shape index (κ3) is 1.39. The molecule has 1 aromatic rings. The Morgan fingerprint density at radius 2 is 2.06 bits per heavy atom. The van der Waals surface area contributed by atoms with Crippen molar-refractivity contribution >= 4 is 11.9 Å². The van der Waals surface area contributed by atoms with Crippen LogP contribution in [-0.2, 0) is 9.59 Å². The van der Waals surface area contributed by atoms with Gasteiger partial charge in [-0.1, -0.05) is 18.2 Å². The van der Waals surface area contributed by atoms with Gasteiger partial charge in [-0.15, -0.1) is 0 Å². The maximum Gasteiger partial charge on any atom is 0.343 e. The molecule has 86 valence electrons. The molecule has 17 heavy (non-hydrogen) atoms. The van der Waals surface area contributed by atoms with Gasteiger partial charge in [-0.25, -0.2) is 4.79 Å². The van der Waals surface area contributed by atoms with Gasteiger partial charge in [-0.2, -0.15) is 0 Å². The summed E-state index contributed by atoms with van der Waals surface area (Å²) in [6.45, 7) is 0. The molecule has 2 aliphatic heterocycles. The minimum atomic E-state index is -0.480. The Hall–Kier alpha value is -2.30. The molecule has 1 aromatic carbocycles. The summed E-state index contributed by atoms with van der Waals surface area (Å²) in [7, 11) is 0. The molecular weight excluding hydrogens is 220 g/mol. The van der Waals surface area contributed by atoms with Gasteiger partial charge >= 0.3 is 5.97 Å². The Kier molecular flexibility index (Phi) is 1.95. The molecule has 1 unspecified atom stereocenters. The van der Waals surface area contributed by atoms with Gasteiger partial charge in [0.2, 0.25) is 5.91 Å². The maximum atomic E-state index is 11.8. The molecule has 2 heterocycles. The van der Waals surface area contributed by atoms with E-state index in [0.717, 1.165) is 5.56 Å². The minimum absolute atomic E-state index is 0.103. The average Bonchev–Trinajstić information content (AvgIpc) is 2.28. The Balaban J connectivity index is 2.20. The summed E-state index contributed by atoms with van der Waals surface area (Å²) in [4.78, 5) is 23.3. The highest BCUT2D eigenvalue weighted by Crippen LogP contribution is 2.41. The average molecular weight is 230 g/mol. The highest BCUT2D eigenvalue weighted by molar-refractivity contribution is 5.98. The number of amides is 1. The first-order valence-corrected chi connectivity index (χ1v) is 5.27. The molecule has 3 N–H and O–H groups in total. The normalized spacial score (nSPS) is 22.5. The molecule has 0 aliphatic carbocycles. The maximum absolute atomic E-state index is 11.8. The van der Waals surface area contributed by atoms with E-state index in [9.17, 15) is 9.59 Å². The number of nitrogens with one attached hydrogen (secondary N) is 1. The van der Waals surface area contributed by atoms with Gasteiger partial charge < -0.3 is 15.8 Å². The predicted molar refractivity (Wildman–Crippen MR) is 58.8 cm³/mol. The number of para-hydroxylation sites is 1. The summed E-state index contributed by atoms with van der Waals surface area (Å²) in [5.41, 5.74) is 6.86. The quantitative estimate of drug-likeness (QED) is 0.498. The summed E-state index contributed by atoms with van der Waals surface area (Å²) in [5, 5.41) is 2.46. The SMILES string of the molecule is NC1=C2C(=O)Oc3ccccc3C2CC(=O)N1. The Morgan fingerprint density at radius 3 is 2.88 bits per heavy atom. The number of hydrogen-bond donors (Lipinski definition) is 2. The topological polar surface area (TPSA) is 81.4 Å². The number of nitrogens with two attached hydrogens (primary N) is 1. The summed E-state index contributed by atoms with van der Waals surface area (Å²) in [5.74, 6) is -0.340. The van der Waals surface area contributed by atoms with Crippen molar-refractivity contribution in [1.82, 2.24) is 5.32 Å². The zero-order chi connectivity index (χ0) is 12.0. The molecule has 0 bridgehead atoms. The van der Waals surface area contributed by atoms with Gasteiger partial charge in [-0.3, -0.25) is 4.79 Å². The van der Waals surface area contributed by atoms with Crippen molar-refractivity contribution in [3.05, 3.63) is 41.2 Å². The molecule has 1 amide bonds. The number of fused-ring (bicyclic) bond motifs is 3. The number of rotatable bonds is 0. The van der Waals surface area contributed by atoms with Crippen molar-refractivity contribution in [3.63, 3.8) is 0 Å². The van der Waals surface area contributed by atoms with E-state index in [2.05, 4.69) is 5.32 Å².